The zero-order valence-electron chi connectivity index (χ0n) is 11.6. The molecule has 2 N–H and O–H groups in total. The zero-order valence-corrected chi connectivity index (χ0v) is 12.4. The van der Waals surface area contributed by atoms with Crippen molar-refractivity contribution in [2.24, 2.45) is 5.41 Å². The molecule has 1 saturated heterocycles. The van der Waals surface area contributed by atoms with Crippen LogP contribution in [0.3, 0.4) is 0 Å². The first kappa shape index (κ1) is 15.0. The number of aliphatic carboxylic acids is 1. The van der Waals surface area contributed by atoms with E-state index >= 15 is 0 Å². The summed E-state index contributed by atoms with van der Waals surface area (Å²) in [5, 5.41) is 14.1. The Balaban J connectivity index is 1.69. The van der Waals surface area contributed by atoms with Gasteiger partial charge in [-0.2, -0.15) is 0 Å². The molecule has 1 atom stereocenters. The minimum absolute atomic E-state index is 0.0313. The molecule has 0 bridgehead atoms. The van der Waals surface area contributed by atoms with Crippen molar-refractivity contribution in [1.82, 2.24) is 10.2 Å². The molecule has 0 saturated carbocycles. The lowest BCUT2D eigenvalue weighted by molar-refractivity contribution is -0.147. The van der Waals surface area contributed by atoms with E-state index in [-0.39, 0.29) is 12.5 Å². The van der Waals surface area contributed by atoms with E-state index < -0.39 is 11.4 Å². The van der Waals surface area contributed by atoms with Crippen LogP contribution in [0.25, 0.3) is 0 Å². The van der Waals surface area contributed by atoms with E-state index in [4.69, 9.17) is 5.11 Å². The number of carbonyl (C=O) groups excluding carboxylic acids is 1. The number of rotatable bonds is 6. The van der Waals surface area contributed by atoms with Crippen LogP contribution in [0.1, 0.15) is 18.2 Å². The maximum Gasteiger partial charge on any atom is 0.310 e. The van der Waals surface area contributed by atoms with Crippen molar-refractivity contribution in [3.05, 3.63) is 22.4 Å². The summed E-state index contributed by atoms with van der Waals surface area (Å²) in [5.74, 6) is -0.811. The van der Waals surface area contributed by atoms with Gasteiger partial charge in [0.2, 0.25) is 5.91 Å². The largest absolute Gasteiger partial charge is 0.481 e. The van der Waals surface area contributed by atoms with Crippen molar-refractivity contribution in [3.63, 3.8) is 0 Å². The van der Waals surface area contributed by atoms with Gasteiger partial charge in [0, 0.05) is 18.0 Å². The topological polar surface area (TPSA) is 69.6 Å². The highest BCUT2D eigenvalue weighted by atomic mass is 32.1. The van der Waals surface area contributed by atoms with Gasteiger partial charge in [0.15, 0.2) is 0 Å². The summed E-state index contributed by atoms with van der Waals surface area (Å²) in [6.45, 7) is 3.77. The summed E-state index contributed by atoms with van der Waals surface area (Å²) in [6.07, 6.45) is 1.45. The highest BCUT2D eigenvalue weighted by Crippen LogP contribution is 2.29. The van der Waals surface area contributed by atoms with Crippen molar-refractivity contribution in [2.75, 3.05) is 26.2 Å². The number of carboxylic acid groups (broad SMARTS) is 1. The van der Waals surface area contributed by atoms with Gasteiger partial charge in [0.05, 0.1) is 12.0 Å². The fraction of sp³-hybridized carbons (Fsp3) is 0.571. The first-order valence-corrected chi connectivity index (χ1v) is 7.62. The second-order valence-electron chi connectivity index (χ2n) is 5.51. The van der Waals surface area contributed by atoms with E-state index in [9.17, 15) is 9.59 Å². The fourth-order valence-corrected chi connectivity index (χ4v) is 3.11. The minimum Gasteiger partial charge on any atom is -0.481 e. The highest BCUT2D eigenvalue weighted by molar-refractivity contribution is 7.09. The summed E-state index contributed by atoms with van der Waals surface area (Å²) in [5.41, 5.74) is -0.711. The third-order valence-electron chi connectivity index (χ3n) is 3.71. The highest BCUT2D eigenvalue weighted by Gasteiger charge is 2.40. The van der Waals surface area contributed by atoms with Crippen LogP contribution < -0.4 is 5.32 Å². The van der Waals surface area contributed by atoms with Gasteiger partial charge in [-0.25, -0.2) is 0 Å². The van der Waals surface area contributed by atoms with E-state index in [0.717, 1.165) is 6.42 Å². The molecule has 0 spiro atoms. The molecule has 1 fully saturated rings. The lowest BCUT2D eigenvalue weighted by Crippen LogP contribution is -2.39. The number of likely N-dealkylation sites (tertiary alicyclic amines) is 1. The van der Waals surface area contributed by atoms with Crippen molar-refractivity contribution in [1.29, 1.82) is 0 Å². The summed E-state index contributed by atoms with van der Waals surface area (Å²) in [6, 6.07) is 4.05. The van der Waals surface area contributed by atoms with Crippen molar-refractivity contribution in [2.45, 2.75) is 19.8 Å². The fourth-order valence-electron chi connectivity index (χ4n) is 2.40. The zero-order chi connectivity index (χ0) is 14.6. The average molecular weight is 296 g/mol. The summed E-state index contributed by atoms with van der Waals surface area (Å²) >= 11 is 1.68. The number of carboxylic acids is 1. The number of thiophene rings is 1. The van der Waals surface area contributed by atoms with Crippen LogP contribution in [0.4, 0.5) is 0 Å². The summed E-state index contributed by atoms with van der Waals surface area (Å²) in [7, 11) is 0. The Morgan fingerprint density at radius 3 is 2.95 bits per heavy atom. The SMILES string of the molecule is CC1(C(=O)O)CCN(CC(=O)NCCc2cccs2)C1. The molecular weight excluding hydrogens is 276 g/mol. The van der Waals surface area contributed by atoms with Gasteiger partial charge in [-0.15, -0.1) is 11.3 Å². The van der Waals surface area contributed by atoms with Crippen LogP contribution in [0.5, 0.6) is 0 Å². The molecule has 1 unspecified atom stereocenters. The molecule has 1 amide bonds. The Hall–Kier alpha value is -1.40. The van der Waals surface area contributed by atoms with Crippen LogP contribution >= 0.6 is 11.3 Å². The summed E-state index contributed by atoms with van der Waals surface area (Å²) < 4.78 is 0. The van der Waals surface area contributed by atoms with Gasteiger partial charge in [-0.1, -0.05) is 6.07 Å². The number of nitrogens with one attached hydrogen (secondary N) is 1. The van der Waals surface area contributed by atoms with Crippen LogP contribution in [0.15, 0.2) is 17.5 Å². The van der Waals surface area contributed by atoms with E-state index in [0.29, 0.717) is 26.1 Å². The smallest absolute Gasteiger partial charge is 0.310 e. The molecule has 1 aromatic rings. The molecule has 20 heavy (non-hydrogen) atoms. The molecule has 0 radical (unpaired) electrons. The molecule has 1 aliphatic rings. The van der Waals surface area contributed by atoms with E-state index in [1.54, 1.807) is 18.3 Å². The summed E-state index contributed by atoms with van der Waals surface area (Å²) in [4.78, 5) is 26.1. The van der Waals surface area contributed by atoms with Crippen molar-refractivity contribution in [3.8, 4) is 0 Å². The molecular formula is C14H20N2O3S. The van der Waals surface area contributed by atoms with Crippen LogP contribution in [-0.4, -0.2) is 48.1 Å². The van der Waals surface area contributed by atoms with E-state index in [2.05, 4.69) is 11.4 Å². The molecule has 0 aliphatic carbocycles. The Morgan fingerprint density at radius 1 is 1.55 bits per heavy atom. The average Bonchev–Trinajstić information content (AvgIpc) is 3.00. The second-order valence-corrected chi connectivity index (χ2v) is 6.54. The third kappa shape index (κ3) is 3.80. The minimum atomic E-state index is -0.780. The van der Waals surface area contributed by atoms with E-state index in [1.165, 1.54) is 4.88 Å². The Bertz CT molecular complexity index is 475. The van der Waals surface area contributed by atoms with E-state index in [1.807, 2.05) is 16.3 Å². The van der Waals surface area contributed by atoms with Crippen LogP contribution in [0.2, 0.25) is 0 Å². The number of nitrogens with zero attached hydrogens (tertiary/aromatic N) is 1. The van der Waals surface area contributed by atoms with Crippen LogP contribution in [0, 0.1) is 5.41 Å². The first-order chi connectivity index (χ1) is 9.49. The maximum atomic E-state index is 11.8. The number of hydrogen-bond donors (Lipinski definition) is 2. The quantitative estimate of drug-likeness (QED) is 0.828. The van der Waals surface area contributed by atoms with Crippen LogP contribution in [-0.2, 0) is 16.0 Å². The Labute approximate surface area is 122 Å². The number of carbonyl (C=O) groups is 2. The second kappa shape index (κ2) is 6.37. The molecule has 2 heterocycles. The number of amides is 1. The molecule has 2 rings (SSSR count). The lowest BCUT2D eigenvalue weighted by atomic mass is 9.90. The van der Waals surface area contributed by atoms with Gasteiger partial charge in [-0.05, 0) is 37.8 Å². The number of hydrogen-bond acceptors (Lipinski definition) is 4. The monoisotopic (exact) mass is 296 g/mol. The molecule has 1 aliphatic heterocycles. The Morgan fingerprint density at radius 2 is 2.35 bits per heavy atom. The van der Waals surface area contributed by atoms with Gasteiger partial charge in [0.1, 0.15) is 0 Å². The predicted octanol–water partition coefficient (Wildman–Crippen LogP) is 1.20. The normalized spacial score (nSPS) is 22.9. The van der Waals surface area contributed by atoms with Gasteiger partial charge in [-0.3, -0.25) is 14.5 Å². The first-order valence-electron chi connectivity index (χ1n) is 6.74. The molecule has 110 valence electrons. The predicted molar refractivity (Wildman–Crippen MR) is 77.8 cm³/mol. The van der Waals surface area contributed by atoms with Gasteiger partial charge >= 0.3 is 5.97 Å². The standard InChI is InChI=1S/C14H20N2O3S/c1-14(13(18)19)5-7-16(10-14)9-12(17)15-6-4-11-3-2-8-20-11/h2-3,8H,4-7,9-10H2,1H3,(H,15,17)(H,18,19). The molecule has 0 aromatic carbocycles. The van der Waals surface area contributed by atoms with Crippen molar-refractivity contribution < 1.29 is 14.7 Å². The van der Waals surface area contributed by atoms with Gasteiger partial charge < -0.3 is 10.4 Å². The molecule has 6 heteroatoms. The van der Waals surface area contributed by atoms with Crippen molar-refractivity contribution >= 4 is 23.2 Å². The molecule has 5 nitrogen and oxygen atoms in total. The van der Waals surface area contributed by atoms with Gasteiger partial charge in [0.25, 0.3) is 0 Å². The Kier molecular flexibility index (Phi) is 4.77. The maximum absolute atomic E-state index is 11.8. The third-order valence-corrected chi connectivity index (χ3v) is 4.65. The molecule has 1 aromatic heterocycles. The lowest BCUT2D eigenvalue weighted by Gasteiger charge is -2.19.